The Bertz CT molecular complexity index is 470. The average molecular weight is 270 g/mol. The van der Waals surface area contributed by atoms with Gasteiger partial charge in [-0.1, -0.05) is 0 Å². The molecule has 0 saturated heterocycles. The van der Waals surface area contributed by atoms with Gasteiger partial charge in [-0.25, -0.2) is 0 Å². The summed E-state index contributed by atoms with van der Waals surface area (Å²) in [6, 6.07) is 4.81. The van der Waals surface area contributed by atoms with Gasteiger partial charge in [0.1, 0.15) is 12.3 Å². The van der Waals surface area contributed by atoms with E-state index in [0.717, 1.165) is 0 Å². The van der Waals surface area contributed by atoms with Gasteiger partial charge in [0.05, 0.1) is 0 Å². The lowest BCUT2D eigenvalue weighted by atomic mass is 10.3. The third kappa shape index (κ3) is 5.41. The highest BCUT2D eigenvalue weighted by Crippen LogP contribution is 2.16. The van der Waals surface area contributed by atoms with Crippen LogP contribution in [0.25, 0.3) is 0 Å². The topological polar surface area (TPSA) is 78.4 Å². The quantitative estimate of drug-likeness (QED) is 0.719. The first-order valence-electron chi connectivity index (χ1n) is 4.31. The summed E-state index contributed by atoms with van der Waals surface area (Å²) in [6.07, 6.45) is -4.62. The van der Waals surface area contributed by atoms with Gasteiger partial charge in [0.15, 0.2) is 0 Å². The highest BCUT2D eigenvalue weighted by Gasteiger charge is 2.29. The van der Waals surface area contributed by atoms with Crippen molar-refractivity contribution < 1.29 is 26.7 Å². The third-order valence-corrected chi connectivity index (χ3v) is 2.61. The van der Waals surface area contributed by atoms with E-state index in [2.05, 4.69) is 0 Å². The lowest BCUT2D eigenvalue weighted by Crippen LogP contribution is -2.37. The van der Waals surface area contributed by atoms with Crippen LogP contribution in [0.5, 0.6) is 5.75 Å². The van der Waals surface area contributed by atoms with Crippen molar-refractivity contribution in [2.24, 2.45) is 0 Å². The summed E-state index contributed by atoms with van der Waals surface area (Å²) in [6.45, 7) is -1.65. The van der Waals surface area contributed by atoms with Crippen LogP contribution >= 0.6 is 0 Å². The zero-order valence-corrected chi connectivity index (χ0v) is 9.14. The first-order valence-corrected chi connectivity index (χ1v) is 5.79. The molecule has 0 fully saturated rings. The van der Waals surface area contributed by atoms with Crippen LogP contribution in [-0.4, -0.2) is 26.2 Å². The average Bonchev–Trinajstić information content (AvgIpc) is 2.18. The standard InChI is InChI=1S/C8H9F3N2O3S/c9-8(10,11)5-12-17(15,16)13-6-1-3-7(14)4-2-6/h1-4,12-14H,5H2. The number of aromatic hydroxyl groups is 1. The maximum absolute atomic E-state index is 11.8. The lowest BCUT2D eigenvalue weighted by Gasteiger charge is -2.10. The molecule has 0 spiro atoms. The van der Waals surface area contributed by atoms with Crippen molar-refractivity contribution in [3.05, 3.63) is 24.3 Å². The Morgan fingerprint density at radius 1 is 1.18 bits per heavy atom. The Labute approximate surface area is 95.4 Å². The van der Waals surface area contributed by atoms with Crippen molar-refractivity contribution in [2.75, 3.05) is 11.3 Å². The lowest BCUT2D eigenvalue weighted by molar-refractivity contribution is -0.121. The largest absolute Gasteiger partial charge is 0.508 e. The van der Waals surface area contributed by atoms with Gasteiger partial charge in [-0.05, 0) is 24.3 Å². The summed E-state index contributed by atoms with van der Waals surface area (Å²) >= 11 is 0. The van der Waals surface area contributed by atoms with Gasteiger partial charge < -0.3 is 5.11 Å². The van der Waals surface area contributed by atoms with E-state index in [9.17, 15) is 21.6 Å². The number of rotatable bonds is 4. The maximum Gasteiger partial charge on any atom is 0.402 e. The predicted molar refractivity (Wildman–Crippen MR) is 54.7 cm³/mol. The summed E-state index contributed by atoms with van der Waals surface area (Å²) in [5.41, 5.74) is 0.0393. The molecule has 0 amide bonds. The van der Waals surface area contributed by atoms with Crippen molar-refractivity contribution in [3.8, 4) is 5.75 Å². The van der Waals surface area contributed by atoms with Gasteiger partial charge in [-0.15, -0.1) is 0 Å². The molecule has 0 aliphatic rings. The zero-order chi connectivity index (χ0) is 13.1. The number of benzene rings is 1. The molecule has 1 aromatic carbocycles. The van der Waals surface area contributed by atoms with E-state index in [-0.39, 0.29) is 11.4 Å². The summed E-state index contributed by atoms with van der Waals surface area (Å²) in [4.78, 5) is 0. The van der Waals surface area contributed by atoms with Crippen LogP contribution in [0, 0.1) is 0 Å². The molecule has 0 atom stereocenters. The van der Waals surface area contributed by atoms with Gasteiger partial charge in [-0.3, -0.25) is 4.72 Å². The smallest absolute Gasteiger partial charge is 0.402 e. The fourth-order valence-corrected chi connectivity index (χ4v) is 1.77. The van der Waals surface area contributed by atoms with Crippen LogP contribution in [-0.2, 0) is 10.2 Å². The van der Waals surface area contributed by atoms with Gasteiger partial charge >= 0.3 is 6.18 Å². The number of anilines is 1. The van der Waals surface area contributed by atoms with Crippen LogP contribution in [0.1, 0.15) is 0 Å². The molecule has 1 aromatic rings. The van der Waals surface area contributed by atoms with Crippen LogP contribution < -0.4 is 9.44 Å². The number of hydrogen-bond acceptors (Lipinski definition) is 3. The fraction of sp³-hybridized carbons (Fsp3) is 0.250. The summed E-state index contributed by atoms with van der Waals surface area (Å²) in [5, 5.41) is 8.92. The molecule has 0 heterocycles. The number of phenolic OH excluding ortho intramolecular Hbond substituents is 1. The molecule has 1 rings (SSSR count). The number of nitrogens with one attached hydrogen (secondary N) is 2. The Kier molecular flexibility index (Phi) is 3.83. The Morgan fingerprint density at radius 2 is 1.71 bits per heavy atom. The zero-order valence-electron chi connectivity index (χ0n) is 8.32. The van der Waals surface area contributed by atoms with Crippen molar-refractivity contribution in [3.63, 3.8) is 0 Å². The molecular formula is C8H9F3N2O3S. The summed E-state index contributed by atoms with van der Waals surface area (Å²) in [5.74, 6) is -0.0869. The number of halogens is 3. The van der Waals surface area contributed by atoms with E-state index in [1.807, 2.05) is 4.72 Å². The van der Waals surface area contributed by atoms with Gasteiger partial charge in [-0.2, -0.15) is 26.3 Å². The van der Waals surface area contributed by atoms with Crippen molar-refractivity contribution in [1.29, 1.82) is 0 Å². The molecule has 5 nitrogen and oxygen atoms in total. The Morgan fingerprint density at radius 3 is 2.18 bits per heavy atom. The van der Waals surface area contributed by atoms with Crippen molar-refractivity contribution in [2.45, 2.75) is 6.18 Å². The molecule has 0 aliphatic carbocycles. The normalized spacial score (nSPS) is 12.4. The fourth-order valence-electron chi connectivity index (χ4n) is 0.898. The van der Waals surface area contributed by atoms with Crippen molar-refractivity contribution in [1.82, 2.24) is 4.72 Å². The van der Waals surface area contributed by atoms with E-state index in [1.54, 1.807) is 0 Å². The highest BCUT2D eigenvalue weighted by atomic mass is 32.2. The molecule has 0 radical (unpaired) electrons. The summed E-state index contributed by atoms with van der Waals surface area (Å²) in [7, 11) is -4.28. The maximum atomic E-state index is 11.8. The second-order valence-corrected chi connectivity index (χ2v) is 4.59. The van der Waals surface area contributed by atoms with Crippen LogP contribution in [0.2, 0.25) is 0 Å². The van der Waals surface area contributed by atoms with E-state index >= 15 is 0 Å². The van der Waals surface area contributed by atoms with Gasteiger partial charge in [0.2, 0.25) is 0 Å². The molecule has 9 heteroatoms. The molecule has 0 bridgehead atoms. The molecule has 17 heavy (non-hydrogen) atoms. The van der Waals surface area contributed by atoms with Crippen LogP contribution in [0.3, 0.4) is 0 Å². The minimum Gasteiger partial charge on any atom is -0.508 e. The Balaban J connectivity index is 2.64. The molecule has 0 unspecified atom stereocenters. The van der Waals surface area contributed by atoms with Crippen molar-refractivity contribution >= 4 is 15.9 Å². The Hall–Kier alpha value is -1.48. The minimum absolute atomic E-state index is 0.0393. The molecular weight excluding hydrogens is 261 g/mol. The molecule has 3 N–H and O–H groups in total. The van der Waals surface area contributed by atoms with Crippen LogP contribution in [0.4, 0.5) is 18.9 Å². The number of alkyl halides is 3. The second-order valence-electron chi connectivity index (χ2n) is 3.09. The molecule has 96 valence electrons. The number of hydrogen-bond donors (Lipinski definition) is 3. The van der Waals surface area contributed by atoms with E-state index in [4.69, 9.17) is 5.11 Å². The minimum atomic E-state index is -4.62. The first kappa shape index (κ1) is 13.6. The molecule has 0 saturated carbocycles. The predicted octanol–water partition coefficient (Wildman–Crippen LogP) is 1.20. The highest BCUT2D eigenvalue weighted by molar-refractivity contribution is 7.90. The van der Waals surface area contributed by atoms with Gasteiger partial charge in [0.25, 0.3) is 10.2 Å². The first-order chi connectivity index (χ1) is 7.68. The third-order valence-electron chi connectivity index (χ3n) is 1.58. The van der Waals surface area contributed by atoms with Gasteiger partial charge in [0, 0.05) is 5.69 Å². The molecule has 0 aliphatic heterocycles. The molecule has 0 aromatic heterocycles. The number of phenols is 1. The van der Waals surface area contributed by atoms with E-state index < -0.39 is 22.9 Å². The SMILES string of the molecule is O=S(=O)(NCC(F)(F)F)Nc1ccc(O)cc1. The van der Waals surface area contributed by atoms with Crippen LogP contribution in [0.15, 0.2) is 24.3 Å². The summed E-state index contributed by atoms with van der Waals surface area (Å²) < 4.78 is 60.9. The van der Waals surface area contributed by atoms with E-state index in [0.29, 0.717) is 0 Å². The van der Waals surface area contributed by atoms with E-state index in [1.165, 1.54) is 29.0 Å². The second kappa shape index (κ2) is 4.80. The monoisotopic (exact) mass is 270 g/mol.